The van der Waals surface area contributed by atoms with Crippen LogP contribution in [0.1, 0.15) is 59.8 Å². The van der Waals surface area contributed by atoms with E-state index >= 15 is 0 Å². The lowest BCUT2D eigenvalue weighted by Gasteiger charge is -2.43. The number of thioether (sulfide) groups is 1. The number of unbranched alkanes of at least 4 members (excludes halogenated alkanes) is 2. The molecule has 6 nitrogen and oxygen atoms in total. The topological polar surface area (TPSA) is 78.7 Å². The second-order valence-electron chi connectivity index (χ2n) is 7.94. The van der Waals surface area contributed by atoms with Gasteiger partial charge in [0.25, 0.3) is 5.69 Å². The number of benzene rings is 1. The SMILES string of the molecule is CCC1O[C@@H](SCCCCCC(=O)Oc2ccc([N+](=O)[O-])cc2)[C@@H](C)C(C)[C@@H]1C. The highest BCUT2D eigenvalue weighted by Gasteiger charge is 2.38. The van der Waals surface area contributed by atoms with Crippen molar-refractivity contribution >= 4 is 23.4 Å². The standard InChI is InChI=1S/C22H33NO5S/c1-5-20-16(3)15(2)17(4)22(28-20)29-14-8-6-7-9-21(24)27-19-12-10-18(11-13-19)23(25)26/h10-13,15-17,20,22H,5-9,14H2,1-4H3/t15?,16-,17-,20?,22-/m0/s1. The van der Waals surface area contributed by atoms with Crippen LogP contribution in [0.4, 0.5) is 5.69 Å². The molecule has 0 saturated carbocycles. The Morgan fingerprint density at radius 1 is 1.10 bits per heavy atom. The molecule has 1 aliphatic heterocycles. The maximum atomic E-state index is 11.9. The minimum absolute atomic E-state index is 0.0207. The molecule has 1 aliphatic rings. The van der Waals surface area contributed by atoms with Crippen LogP contribution < -0.4 is 4.74 Å². The molecule has 0 spiro atoms. The number of hydrogen-bond acceptors (Lipinski definition) is 6. The van der Waals surface area contributed by atoms with Gasteiger partial charge in [-0.25, -0.2) is 0 Å². The lowest BCUT2D eigenvalue weighted by atomic mass is 9.79. The number of nitro groups is 1. The number of nitrogens with zero attached hydrogens (tertiary/aromatic N) is 1. The van der Waals surface area contributed by atoms with E-state index in [2.05, 4.69) is 27.7 Å². The van der Waals surface area contributed by atoms with Crippen LogP contribution in [0.25, 0.3) is 0 Å². The summed E-state index contributed by atoms with van der Waals surface area (Å²) in [5.74, 6) is 2.89. The number of rotatable bonds is 10. The van der Waals surface area contributed by atoms with Crippen LogP contribution in [0.5, 0.6) is 5.75 Å². The van der Waals surface area contributed by atoms with Crippen molar-refractivity contribution in [1.82, 2.24) is 0 Å². The molecule has 0 aliphatic carbocycles. The molecule has 7 heteroatoms. The Balaban J connectivity index is 1.61. The van der Waals surface area contributed by atoms with Crippen LogP contribution in [-0.2, 0) is 9.53 Å². The van der Waals surface area contributed by atoms with Crippen molar-refractivity contribution in [3.8, 4) is 5.75 Å². The predicted octanol–water partition coefficient (Wildman–Crippen LogP) is 5.84. The summed E-state index contributed by atoms with van der Waals surface area (Å²) in [4.78, 5) is 22.1. The van der Waals surface area contributed by atoms with E-state index in [9.17, 15) is 14.9 Å². The summed E-state index contributed by atoms with van der Waals surface area (Å²) >= 11 is 1.90. The predicted molar refractivity (Wildman–Crippen MR) is 116 cm³/mol. The van der Waals surface area contributed by atoms with E-state index in [1.165, 1.54) is 24.3 Å². The maximum absolute atomic E-state index is 11.9. The van der Waals surface area contributed by atoms with Crippen molar-refractivity contribution in [2.24, 2.45) is 17.8 Å². The Kier molecular flexibility index (Phi) is 9.43. The number of carbonyl (C=O) groups excluding carboxylic acids is 1. The van der Waals surface area contributed by atoms with E-state index < -0.39 is 4.92 Å². The van der Waals surface area contributed by atoms with E-state index in [0.717, 1.165) is 31.4 Å². The zero-order chi connectivity index (χ0) is 21.4. The van der Waals surface area contributed by atoms with Gasteiger partial charge < -0.3 is 9.47 Å². The molecule has 1 aromatic rings. The van der Waals surface area contributed by atoms with Crippen LogP contribution in [-0.4, -0.2) is 28.2 Å². The fourth-order valence-corrected chi connectivity index (χ4v) is 5.09. The minimum Gasteiger partial charge on any atom is -0.427 e. The molecular formula is C22H33NO5S. The van der Waals surface area contributed by atoms with Crippen molar-refractivity contribution in [3.05, 3.63) is 34.4 Å². The van der Waals surface area contributed by atoms with Crippen molar-refractivity contribution in [2.45, 2.75) is 71.3 Å². The van der Waals surface area contributed by atoms with Gasteiger partial charge in [0.2, 0.25) is 0 Å². The lowest BCUT2D eigenvalue weighted by molar-refractivity contribution is -0.384. The molecule has 5 atom stereocenters. The third-order valence-corrected chi connectivity index (χ3v) is 7.37. The van der Waals surface area contributed by atoms with E-state index in [1.807, 2.05) is 11.8 Å². The molecule has 2 rings (SSSR count). The van der Waals surface area contributed by atoms with Crippen LogP contribution in [0.2, 0.25) is 0 Å². The van der Waals surface area contributed by atoms with Gasteiger partial charge in [-0.3, -0.25) is 14.9 Å². The third-order valence-electron chi connectivity index (χ3n) is 5.97. The molecule has 0 aromatic heterocycles. The second kappa shape index (κ2) is 11.6. The molecule has 1 saturated heterocycles. The Morgan fingerprint density at radius 3 is 2.41 bits per heavy atom. The Labute approximate surface area is 177 Å². The van der Waals surface area contributed by atoms with Gasteiger partial charge in [-0.2, -0.15) is 0 Å². The quantitative estimate of drug-likeness (QED) is 0.155. The summed E-state index contributed by atoms with van der Waals surface area (Å²) in [6.07, 6.45) is 4.55. The fraction of sp³-hybridized carbons (Fsp3) is 0.682. The van der Waals surface area contributed by atoms with Crippen LogP contribution in [0.15, 0.2) is 24.3 Å². The molecule has 1 aromatic carbocycles. The van der Waals surface area contributed by atoms with Crippen LogP contribution >= 0.6 is 11.8 Å². The fourth-order valence-electron chi connectivity index (χ4n) is 3.71. The molecule has 1 heterocycles. The number of hydrogen-bond donors (Lipinski definition) is 0. The second-order valence-corrected chi connectivity index (χ2v) is 9.14. The van der Waals surface area contributed by atoms with Gasteiger partial charge in [0.15, 0.2) is 0 Å². The Bertz CT molecular complexity index is 664. The monoisotopic (exact) mass is 423 g/mol. The van der Waals surface area contributed by atoms with Gasteiger partial charge in [-0.15, -0.1) is 11.8 Å². The highest BCUT2D eigenvalue weighted by molar-refractivity contribution is 7.99. The van der Waals surface area contributed by atoms with E-state index in [4.69, 9.17) is 9.47 Å². The van der Waals surface area contributed by atoms with E-state index in [0.29, 0.717) is 36.0 Å². The van der Waals surface area contributed by atoms with Crippen molar-refractivity contribution < 1.29 is 19.2 Å². The zero-order valence-electron chi connectivity index (χ0n) is 17.8. The number of non-ortho nitro benzene ring substituents is 1. The molecule has 162 valence electrons. The molecule has 1 fully saturated rings. The minimum atomic E-state index is -0.480. The van der Waals surface area contributed by atoms with E-state index in [-0.39, 0.29) is 17.1 Å². The summed E-state index contributed by atoms with van der Waals surface area (Å²) in [6.45, 7) is 9.12. The first-order chi connectivity index (χ1) is 13.8. The first kappa shape index (κ1) is 23.7. The van der Waals surface area contributed by atoms with Gasteiger partial charge in [0.05, 0.1) is 11.0 Å². The highest BCUT2D eigenvalue weighted by Crippen LogP contribution is 2.40. The summed E-state index contributed by atoms with van der Waals surface area (Å²) in [7, 11) is 0. The third kappa shape index (κ3) is 7.00. The Morgan fingerprint density at radius 2 is 1.79 bits per heavy atom. The smallest absolute Gasteiger partial charge is 0.311 e. The number of ether oxygens (including phenoxy) is 2. The van der Waals surface area contributed by atoms with Crippen molar-refractivity contribution in [2.75, 3.05) is 5.75 Å². The summed E-state index contributed by atoms with van der Waals surface area (Å²) in [5, 5.41) is 10.6. The van der Waals surface area contributed by atoms with Crippen LogP contribution in [0, 0.1) is 27.9 Å². The van der Waals surface area contributed by atoms with Gasteiger partial charge in [-0.1, -0.05) is 34.1 Å². The van der Waals surface area contributed by atoms with Gasteiger partial charge >= 0.3 is 5.97 Å². The average Bonchev–Trinajstić information content (AvgIpc) is 2.70. The first-order valence-electron chi connectivity index (χ1n) is 10.6. The molecule has 2 unspecified atom stereocenters. The lowest BCUT2D eigenvalue weighted by Crippen LogP contribution is -2.43. The summed E-state index contributed by atoms with van der Waals surface area (Å²) in [6, 6.07) is 5.56. The molecule has 0 amide bonds. The zero-order valence-corrected chi connectivity index (χ0v) is 18.7. The first-order valence-corrected chi connectivity index (χ1v) is 11.6. The summed E-state index contributed by atoms with van der Waals surface area (Å²) < 4.78 is 11.5. The molecule has 0 bridgehead atoms. The van der Waals surface area contributed by atoms with Gasteiger partial charge in [0.1, 0.15) is 11.2 Å². The normalized spacial score (nSPS) is 26.8. The summed E-state index contributed by atoms with van der Waals surface area (Å²) in [5.41, 5.74) is 0.242. The van der Waals surface area contributed by atoms with Gasteiger partial charge in [0, 0.05) is 18.6 Å². The van der Waals surface area contributed by atoms with Crippen molar-refractivity contribution in [3.63, 3.8) is 0 Å². The number of nitro benzene ring substituents is 1. The maximum Gasteiger partial charge on any atom is 0.311 e. The number of esters is 1. The molecule has 0 N–H and O–H groups in total. The van der Waals surface area contributed by atoms with Crippen molar-refractivity contribution in [1.29, 1.82) is 0 Å². The Hall–Kier alpha value is -1.60. The van der Waals surface area contributed by atoms with Crippen LogP contribution in [0.3, 0.4) is 0 Å². The van der Waals surface area contributed by atoms with E-state index in [1.54, 1.807) is 0 Å². The average molecular weight is 424 g/mol. The molecule has 29 heavy (non-hydrogen) atoms. The number of carbonyl (C=O) groups is 1. The molecule has 0 radical (unpaired) electrons. The molecular weight excluding hydrogens is 390 g/mol. The highest BCUT2D eigenvalue weighted by atomic mass is 32.2. The largest absolute Gasteiger partial charge is 0.427 e. The van der Waals surface area contributed by atoms with Gasteiger partial charge in [-0.05, 0) is 54.9 Å².